The van der Waals surface area contributed by atoms with Gasteiger partial charge in [0.1, 0.15) is 0 Å². The number of halogens is 1. The lowest BCUT2D eigenvalue weighted by Crippen LogP contribution is -2.54. The van der Waals surface area contributed by atoms with Crippen LogP contribution in [0, 0.1) is 0 Å². The van der Waals surface area contributed by atoms with Gasteiger partial charge in [0.15, 0.2) is 0 Å². The van der Waals surface area contributed by atoms with E-state index in [2.05, 4.69) is 21.2 Å². The van der Waals surface area contributed by atoms with Crippen LogP contribution >= 0.6 is 15.9 Å². The second kappa shape index (κ2) is 6.66. The summed E-state index contributed by atoms with van der Waals surface area (Å²) in [5.41, 5.74) is 0.635. The minimum Gasteiger partial charge on any atom is -0.394 e. The lowest BCUT2D eigenvalue weighted by Gasteiger charge is -2.42. The molecule has 1 aromatic carbocycles. The number of carbonyl (C=O) groups excluding carboxylic acids is 1. The molecule has 5 nitrogen and oxygen atoms in total. The number of amides is 2. The van der Waals surface area contributed by atoms with Crippen LogP contribution in [0.15, 0.2) is 28.7 Å². The molecule has 1 saturated heterocycles. The first kappa shape index (κ1) is 16.1. The smallest absolute Gasteiger partial charge is 0.319 e. The number of hydrogen-bond acceptors (Lipinski definition) is 3. The van der Waals surface area contributed by atoms with Crippen molar-refractivity contribution in [1.29, 1.82) is 0 Å². The standard InChI is InChI=1S/C15H22BrN3O2/c1-18(2)14(21)19-9-7-15(11-20,8-10-19)17-13-5-3-12(16)4-6-13/h3-6,17,20H,7-11H2,1-2H3. The van der Waals surface area contributed by atoms with Gasteiger partial charge in [-0.15, -0.1) is 0 Å². The Balaban J connectivity index is 2.01. The number of piperidine rings is 1. The van der Waals surface area contributed by atoms with Gasteiger partial charge in [0, 0.05) is 37.3 Å². The van der Waals surface area contributed by atoms with Gasteiger partial charge in [-0.1, -0.05) is 15.9 Å². The molecule has 0 atom stereocenters. The molecule has 0 unspecified atom stereocenters. The number of likely N-dealkylation sites (tertiary alicyclic amines) is 1. The largest absolute Gasteiger partial charge is 0.394 e. The number of rotatable bonds is 3. The summed E-state index contributed by atoms with van der Waals surface area (Å²) in [5.74, 6) is 0. The van der Waals surface area contributed by atoms with Crippen molar-refractivity contribution in [2.45, 2.75) is 18.4 Å². The number of hydrogen-bond donors (Lipinski definition) is 2. The Morgan fingerprint density at radius 2 is 1.90 bits per heavy atom. The number of aliphatic hydroxyl groups is 1. The quantitative estimate of drug-likeness (QED) is 0.874. The highest BCUT2D eigenvalue weighted by Crippen LogP contribution is 2.27. The molecule has 6 heteroatoms. The van der Waals surface area contributed by atoms with Crippen LogP contribution in [0.3, 0.4) is 0 Å². The van der Waals surface area contributed by atoms with Crippen molar-refractivity contribution in [1.82, 2.24) is 9.80 Å². The lowest BCUT2D eigenvalue weighted by atomic mass is 9.88. The van der Waals surface area contributed by atoms with Crippen LogP contribution < -0.4 is 5.32 Å². The second-order valence-corrected chi connectivity index (χ2v) is 6.65. The minimum absolute atomic E-state index is 0.0326. The van der Waals surface area contributed by atoms with Crippen molar-refractivity contribution < 1.29 is 9.90 Å². The van der Waals surface area contributed by atoms with Crippen LogP contribution in [0.5, 0.6) is 0 Å². The molecule has 2 rings (SSSR count). The monoisotopic (exact) mass is 355 g/mol. The molecule has 1 heterocycles. The van der Waals surface area contributed by atoms with E-state index in [4.69, 9.17) is 0 Å². The highest BCUT2D eigenvalue weighted by molar-refractivity contribution is 9.10. The van der Waals surface area contributed by atoms with Gasteiger partial charge in [-0.2, -0.15) is 0 Å². The van der Waals surface area contributed by atoms with Gasteiger partial charge in [-0.05, 0) is 37.1 Å². The van der Waals surface area contributed by atoms with Crippen LogP contribution in [-0.2, 0) is 0 Å². The number of nitrogens with one attached hydrogen (secondary N) is 1. The average Bonchev–Trinajstić information content (AvgIpc) is 2.49. The van der Waals surface area contributed by atoms with Gasteiger partial charge < -0.3 is 20.2 Å². The lowest BCUT2D eigenvalue weighted by molar-refractivity contribution is 0.115. The Hall–Kier alpha value is -1.27. The van der Waals surface area contributed by atoms with E-state index in [-0.39, 0.29) is 18.2 Å². The third-order valence-corrected chi connectivity index (χ3v) is 4.46. The maximum Gasteiger partial charge on any atom is 0.319 e. The van der Waals surface area contributed by atoms with E-state index in [0.717, 1.165) is 23.0 Å². The number of nitrogens with zero attached hydrogens (tertiary/aromatic N) is 2. The van der Waals surface area contributed by atoms with Crippen molar-refractivity contribution in [3.8, 4) is 0 Å². The molecule has 1 aliphatic rings. The first-order valence-electron chi connectivity index (χ1n) is 7.07. The molecule has 1 fully saturated rings. The van der Waals surface area contributed by atoms with Crippen LogP contribution in [0.1, 0.15) is 12.8 Å². The molecule has 1 aliphatic heterocycles. The summed E-state index contributed by atoms with van der Waals surface area (Å²) >= 11 is 3.41. The first-order chi connectivity index (χ1) is 9.96. The Morgan fingerprint density at radius 3 is 2.38 bits per heavy atom. The summed E-state index contributed by atoms with van der Waals surface area (Å²) in [6, 6.07) is 7.94. The highest BCUT2D eigenvalue weighted by atomic mass is 79.9. The Morgan fingerprint density at radius 1 is 1.33 bits per heavy atom. The van der Waals surface area contributed by atoms with Crippen LogP contribution in [-0.4, -0.2) is 60.3 Å². The van der Waals surface area contributed by atoms with Crippen molar-refractivity contribution in [2.24, 2.45) is 0 Å². The maximum absolute atomic E-state index is 12.0. The molecular formula is C15H22BrN3O2. The highest BCUT2D eigenvalue weighted by Gasteiger charge is 2.35. The van der Waals surface area contributed by atoms with E-state index in [9.17, 15) is 9.90 Å². The molecule has 116 valence electrons. The van der Waals surface area contributed by atoms with E-state index < -0.39 is 0 Å². The number of carbonyl (C=O) groups is 1. The van der Waals surface area contributed by atoms with Gasteiger partial charge in [0.25, 0.3) is 0 Å². The van der Waals surface area contributed by atoms with Crippen molar-refractivity contribution in [2.75, 3.05) is 39.1 Å². The maximum atomic E-state index is 12.0. The normalized spacial score (nSPS) is 17.4. The first-order valence-corrected chi connectivity index (χ1v) is 7.86. The van der Waals surface area contributed by atoms with Crippen molar-refractivity contribution in [3.63, 3.8) is 0 Å². The summed E-state index contributed by atoms with van der Waals surface area (Å²) in [5, 5.41) is 13.2. The number of urea groups is 1. The second-order valence-electron chi connectivity index (χ2n) is 5.73. The summed E-state index contributed by atoms with van der Waals surface area (Å²) in [7, 11) is 3.52. The zero-order valence-corrected chi connectivity index (χ0v) is 14.1. The topological polar surface area (TPSA) is 55.8 Å². The van der Waals surface area contributed by atoms with E-state index in [1.54, 1.807) is 19.0 Å². The van der Waals surface area contributed by atoms with E-state index in [0.29, 0.717) is 13.1 Å². The number of anilines is 1. The SMILES string of the molecule is CN(C)C(=O)N1CCC(CO)(Nc2ccc(Br)cc2)CC1. The van der Waals surface area contributed by atoms with Crippen molar-refractivity contribution >= 4 is 27.6 Å². The molecule has 2 N–H and O–H groups in total. The fourth-order valence-electron chi connectivity index (χ4n) is 2.57. The van der Waals surface area contributed by atoms with E-state index >= 15 is 0 Å². The zero-order chi connectivity index (χ0) is 15.5. The van der Waals surface area contributed by atoms with Gasteiger partial charge >= 0.3 is 6.03 Å². The van der Waals surface area contributed by atoms with Crippen LogP contribution in [0.4, 0.5) is 10.5 Å². The molecular weight excluding hydrogens is 334 g/mol. The Bertz CT molecular complexity index is 482. The van der Waals surface area contributed by atoms with Crippen molar-refractivity contribution in [3.05, 3.63) is 28.7 Å². The molecule has 21 heavy (non-hydrogen) atoms. The number of aliphatic hydroxyl groups excluding tert-OH is 1. The molecule has 0 spiro atoms. The van der Waals surface area contributed by atoms with Gasteiger partial charge in [-0.3, -0.25) is 0 Å². The molecule has 0 aliphatic carbocycles. The molecule has 2 amide bonds. The predicted octanol–water partition coefficient (Wildman–Crippen LogP) is 2.37. The van der Waals surface area contributed by atoms with Gasteiger partial charge in [0.2, 0.25) is 0 Å². The zero-order valence-electron chi connectivity index (χ0n) is 12.5. The third kappa shape index (κ3) is 3.89. The van der Waals surface area contributed by atoms with Crippen LogP contribution in [0.25, 0.3) is 0 Å². The van der Waals surface area contributed by atoms with Gasteiger partial charge in [0.05, 0.1) is 12.1 Å². The summed E-state index contributed by atoms with van der Waals surface area (Å²) in [6.07, 6.45) is 1.47. The number of benzene rings is 1. The summed E-state index contributed by atoms with van der Waals surface area (Å²) < 4.78 is 1.03. The Labute approximate surface area is 134 Å². The molecule has 0 bridgehead atoms. The summed E-state index contributed by atoms with van der Waals surface area (Å²) in [4.78, 5) is 15.4. The van der Waals surface area contributed by atoms with Gasteiger partial charge in [-0.25, -0.2) is 4.79 Å². The van der Waals surface area contributed by atoms with E-state index in [1.165, 1.54) is 0 Å². The van der Waals surface area contributed by atoms with E-state index in [1.807, 2.05) is 29.2 Å². The molecule has 0 aromatic heterocycles. The fourth-order valence-corrected chi connectivity index (χ4v) is 2.84. The molecule has 0 radical (unpaired) electrons. The molecule has 1 aromatic rings. The minimum atomic E-state index is -0.350. The van der Waals surface area contributed by atoms with Crippen LogP contribution in [0.2, 0.25) is 0 Å². The average molecular weight is 356 g/mol. The summed E-state index contributed by atoms with van der Waals surface area (Å²) in [6.45, 7) is 1.37. The predicted molar refractivity (Wildman–Crippen MR) is 87.5 cm³/mol. The molecule has 0 saturated carbocycles. The fraction of sp³-hybridized carbons (Fsp3) is 0.533. The third-order valence-electron chi connectivity index (χ3n) is 3.93. The Kier molecular flexibility index (Phi) is 5.11.